The molecule has 0 nitrogen and oxygen atoms in total. The van der Waals surface area contributed by atoms with Crippen LogP contribution in [0.2, 0.25) is 0 Å². The van der Waals surface area contributed by atoms with Gasteiger partial charge in [-0.1, -0.05) is 150 Å². The molecular formula is C30H36. The fraction of sp³-hybridized carbons (Fsp3) is 0.200. The summed E-state index contributed by atoms with van der Waals surface area (Å²) in [5, 5.41) is 0. The van der Waals surface area contributed by atoms with Crippen LogP contribution in [0.5, 0.6) is 0 Å². The highest BCUT2D eigenvalue weighted by Gasteiger charge is 2.38. The molecule has 3 aromatic carbocycles. The number of benzene rings is 3. The van der Waals surface area contributed by atoms with Gasteiger partial charge >= 0.3 is 0 Å². The van der Waals surface area contributed by atoms with Gasteiger partial charge in [0.15, 0.2) is 0 Å². The quantitative estimate of drug-likeness (QED) is 0.288. The Morgan fingerprint density at radius 2 is 0.967 bits per heavy atom. The maximum atomic E-state index is 3.97. The average molecular weight is 397 g/mol. The van der Waals surface area contributed by atoms with Crippen LogP contribution in [0.3, 0.4) is 0 Å². The van der Waals surface area contributed by atoms with Crippen molar-refractivity contribution in [3.8, 4) is 0 Å². The van der Waals surface area contributed by atoms with Gasteiger partial charge in [0.2, 0.25) is 0 Å². The lowest BCUT2D eigenvalue weighted by atomic mass is 9.64. The predicted molar refractivity (Wildman–Crippen MR) is 135 cm³/mol. The van der Waals surface area contributed by atoms with Gasteiger partial charge in [-0.15, -0.1) is 0 Å². The highest BCUT2D eigenvalue weighted by molar-refractivity contribution is 5.61. The van der Waals surface area contributed by atoms with E-state index >= 15 is 0 Å². The van der Waals surface area contributed by atoms with Crippen LogP contribution in [0.4, 0.5) is 0 Å². The van der Waals surface area contributed by atoms with Crippen LogP contribution in [-0.2, 0) is 5.41 Å². The summed E-state index contributed by atoms with van der Waals surface area (Å²) in [5.41, 5.74) is 4.51. The van der Waals surface area contributed by atoms with Crippen molar-refractivity contribution >= 4 is 0 Å². The second-order valence-corrected chi connectivity index (χ2v) is 6.21. The molecule has 0 fully saturated rings. The van der Waals surface area contributed by atoms with E-state index in [0.29, 0.717) is 0 Å². The molecule has 0 atom stereocenters. The first-order chi connectivity index (χ1) is 14.8. The van der Waals surface area contributed by atoms with Crippen LogP contribution in [-0.4, -0.2) is 0 Å². The van der Waals surface area contributed by atoms with E-state index in [1.54, 1.807) is 0 Å². The molecule has 0 aliphatic carbocycles. The van der Waals surface area contributed by atoms with E-state index in [0.717, 1.165) is 0 Å². The molecule has 0 heteroatoms. The lowest BCUT2D eigenvalue weighted by molar-refractivity contribution is 0.743. The van der Waals surface area contributed by atoms with E-state index in [9.17, 15) is 0 Å². The van der Waals surface area contributed by atoms with Crippen molar-refractivity contribution in [1.82, 2.24) is 0 Å². The molecule has 0 bridgehead atoms. The Morgan fingerprint density at radius 3 is 1.23 bits per heavy atom. The fourth-order valence-corrected chi connectivity index (χ4v) is 3.68. The fourth-order valence-electron chi connectivity index (χ4n) is 3.68. The standard InChI is InChI=1S/C26H24.2C2H6/c1-3-14-22(15-4-2)26(23-16-8-5-9-17-23,24-18-10-6-11-19-24)25-20-12-7-13-21-25;2*1-2/h3-21H,1H2,2H3;2*1-2H3/b15-4-,22-14+;;. The van der Waals surface area contributed by atoms with Gasteiger partial charge in [-0.3, -0.25) is 0 Å². The monoisotopic (exact) mass is 396 g/mol. The van der Waals surface area contributed by atoms with Crippen LogP contribution >= 0.6 is 0 Å². The van der Waals surface area contributed by atoms with Crippen molar-refractivity contribution in [2.45, 2.75) is 40.0 Å². The van der Waals surface area contributed by atoms with Gasteiger partial charge in [-0.05, 0) is 29.2 Å². The molecule has 0 unspecified atom stereocenters. The van der Waals surface area contributed by atoms with Gasteiger partial charge in [-0.2, -0.15) is 0 Å². The van der Waals surface area contributed by atoms with Gasteiger partial charge in [0.25, 0.3) is 0 Å². The van der Waals surface area contributed by atoms with Crippen molar-refractivity contribution < 1.29 is 0 Å². The Kier molecular flexibility index (Phi) is 11.6. The van der Waals surface area contributed by atoms with E-state index in [-0.39, 0.29) is 0 Å². The summed E-state index contributed by atoms with van der Waals surface area (Å²) in [7, 11) is 0. The maximum Gasteiger partial charge on any atom is 0.0701 e. The molecular weight excluding hydrogens is 360 g/mol. The predicted octanol–water partition coefficient (Wildman–Crippen LogP) is 8.76. The molecule has 0 spiro atoms. The first-order valence-corrected chi connectivity index (χ1v) is 11.0. The van der Waals surface area contributed by atoms with Gasteiger partial charge in [-0.25, -0.2) is 0 Å². The molecule has 0 aliphatic heterocycles. The maximum absolute atomic E-state index is 3.97. The molecule has 3 aromatic rings. The van der Waals surface area contributed by atoms with Crippen LogP contribution in [0.25, 0.3) is 0 Å². The van der Waals surface area contributed by atoms with Crippen LogP contribution in [0, 0.1) is 0 Å². The van der Waals surface area contributed by atoms with Crippen molar-refractivity contribution in [2.75, 3.05) is 0 Å². The van der Waals surface area contributed by atoms with Crippen LogP contribution in [0.15, 0.2) is 127 Å². The molecule has 0 saturated carbocycles. The zero-order chi connectivity index (χ0) is 22.2. The summed E-state index contributed by atoms with van der Waals surface area (Å²) in [6.45, 7) is 14.0. The third-order valence-electron chi connectivity index (χ3n) is 4.70. The average Bonchev–Trinajstić information content (AvgIpc) is 2.85. The summed E-state index contributed by atoms with van der Waals surface area (Å²) in [6, 6.07) is 32.1. The minimum Gasteiger partial charge on any atom is -0.0991 e. The smallest absolute Gasteiger partial charge is 0.0701 e. The highest BCUT2D eigenvalue weighted by atomic mass is 14.4. The first-order valence-electron chi connectivity index (χ1n) is 11.0. The van der Waals surface area contributed by atoms with E-state index < -0.39 is 5.41 Å². The minimum atomic E-state index is -0.398. The lowest BCUT2D eigenvalue weighted by Crippen LogP contribution is -2.31. The van der Waals surface area contributed by atoms with Gasteiger partial charge in [0.05, 0.1) is 5.41 Å². The summed E-state index contributed by atoms with van der Waals surface area (Å²) < 4.78 is 0. The summed E-state index contributed by atoms with van der Waals surface area (Å²) >= 11 is 0. The molecule has 0 amide bonds. The lowest BCUT2D eigenvalue weighted by Gasteiger charge is -2.37. The third-order valence-corrected chi connectivity index (χ3v) is 4.70. The Morgan fingerprint density at radius 1 is 0.633 bits per heavy atom. The van der Waals surface area contributed by atoms with E-state index in [1.165, 1.54) is 22.3 Å². The molecule has 156 valence electrons. The molecule has 0 aromatic heterocycles. The van der Waals surface area contributed by atoms with Gasteiger partial charge in [0.1, 0.15) is 0 Å². The summed E-state index contributed by atoms with van der Waals surface area (Å²) in [6.07, 6.45) is 8.28. The topological polar surface area (TPSA) is 0 Å². The number of hydrogen-bond acceptors (Lipinski definition) is 0. The largest absolute Gasteiger partial charge is 0.0991 e. The Bertz CT molecular complexity index is 788. The van der Waals surface area contributed by atoms with Crippen molar-refractivity contribution in [3.05, 3.63) is 144 Å². The molecule has 0 N–H and O–H groups in total. The Balaban J connectivity index is 0.00000106. The van der Waals surface area contributed by atoms with E-state index in [4.69, 9.17) is 0 Å². The van der Waals surface area contributed by atoms with Crippen molar-refractivity contribution in [1.29, 1.82) is 0 Å². The summed E-state index contributed by atoms with van der Waals surface area (Å²) in [4.78, 5) is 0. The van der Waals surface area contributed by atoms with E-state index in [1.807, 2.05) is 33.8 Å². The molecule has 0 aliphatic rings. The van der Waals surface area contributed by atoms with Crippen LogP contribution in [0.1, 0.15) is 51.3 Å². The molecule has 3 rings (SSSR count). The second-order valence-electron chi connectivity index (χ2n) is 6.21. The zero-order valence-electron chi connectivity index (χ0n) is 19.2. The van der Waals surface area contributed by atoms with Crippen molar-refractivity contribution in [2.24, 2.45) is 0 Å². The second kappa shape index (κ2) is 14.0. The Hall–Kier alpha value is -3.12. The number of hydrogen-bond donors (Lipinski definition) is 0. The first kappa shape index (κ1) is 24.9. The van der Waals surface area contributed by atoms with Gasteiger partial charge in [0, 0.05) is 0 Å². The number of rotatable bonds is 6. The summed E-state index contributed by atoms with van der Waals surface area (Å²) in [5.74, 6) is 0. The molecule has 0 heterocycles. The van der Waals surface area contributed by atoms with Crippen LogP contribution < -0.4 is 0 Å². The molecule has 0 saturated heterocycles. The SMILES string of the molecule is C=C/C=C(\C=C/C)C(c1ccccc1)(c1ccccc1)c1ccccc1.CC.CC. The van der Waals surface area contributed by atoms with E-state index in [2.05, 4.69) is 123 Å². The highest BCUT2D eigenvalue weighted by Crippen LogP contribution is 2.45. The zero-order valence-corrected chi connectivity index (χ0v) is 19.2. The number of allylic oxidation sites excluding steroid dienone is 5. The van der Waals surface area contributed by atoms with Crippen molar-refractivity contribution in [3.63, 3.8) is 0 Å². The normalized spacial score (nSPS) is 11.0. The molecule has 0 radical (unpaired) electrons. The third kappa shape index (κ3) is 5.48. The van der Waals surface area contributed by atoms with Gasteiger partial charge < -0.3 is 0 Å². The molecule has 30 heavy (non-hydrogen) atoms. The minimum absolute atomic E-state index is 0.398. The Labute approximate surface area is 184 Å².